The van der Waals surface area contributed by atoms with Crippen molar-refractivity contribution in [3.63, 3.8) is 0 Å². The molecule has 8 heteroatoms. The van der Waals surface area contributed by atoms with E-state index in [1.807, 2.05) is 18.1 Å². The Bertz CT molecular complexity index is 663. The number of carbonyl (C=O) groups excluding carboxylic acids is 1. The third-order valence-electron chi connectivity index (χ3n) is 5.60. The first-order chi connectivity index (χ1) is 13.6. The number of rotatable bonds is 6. The lowest BCUT2D eigenvalue weighted by molar-refractivity contribution is -0.120. The highest BCUT2D eigenvalue weighted by Gasteiger charge is 2.28. The van der Waals surface area contributed by atoms with Crippen LogP contribution in [0.3, 0.4) is 0 Å². The lowest BCUT2D eigenvalue weighted by Crippen LogP contribution is -2.55. The van der Waals surface area contributed by atoms with Crippen LogP contribution in [0.2, 0.25) is 0 Å². The normalized spacial score (nSPS) is 20.1. The SMILES string of the molecule is CCCN1CCC(CN=C(NCC)N2CCN(c3cnn(C)c3)C(=O)C2)CC1. The van der Waals surface area contributed by atoms with Crippen molar-refractivity contribution in [2.75, 3.05) is 57.3 Å². The Morgan fingerprint density at radius 3 is 2.64 bits per heavy atom. The maximum absolute atomic E-state index is 12.7. The number of aryl methyl sites for hydroxylation is 1. The van der Waals surface area contributed by atoms with Crippen LogP contribution in [0, 0.1) is 5.92 Å². The van der Waals surface area contributed by atoms with Gasteiger partial charge < -0.3 is 20.0 Å². The van der Waals surface area contributed by atoms with Crippen LogP contribution in [0.5, 0.6) is 0 Å². The summed E-state index contributed by atoms with van der Waals surface area (Å²) in [6.07, 6.45) is 7.30. The van der Waals surface area contributed by atoms with E-state index in [0.29, 0.717) is 19.0 Å². The Kier molecular flexibility index (Phi) is 7.30. The predicted octanol–water partition coefficient (Wildman–Crippen LogP) is 1.16. The molecule has 0 bridgehead atoms. The van der Waals surface area contributed by atoms with Gasteiger partial charge in [-0.25, -0.2) is 0 Å². The van der Waals surface area contributed by atoms with Gasteiger partial charge in [0, 0.05) is 39.4 Å². The summed E-state index contributed by atoms with van der Waals surface area (Å²) in [6.45, 7) is 11.4. The van der Waals surface area contributed by atoms with Crippen molar-refractivity contribution in [1.82, 2.24) is 24.9 Å². The van der Waals surface area contributed by atoms with Crippen molar-refractivity contribution in [3.8, 4) is 0 Å². The molecule has 8 nitrogen and oxygen atoms in total. The summed E-state index contributed by atoms with van der Waals surface area (Å²) in [4.78, 5) is 24.0. The summed E-state index contributed by atoms with van der Waals surface area (Å²) in [5.41, 5.74) is 0.868. The first-order valence-electron chi connectivity index (χ1n) is 10.6. The molecule has 1 aromatic rings. The van der Waals surface area contributed by atoms with Crippen LogP contribution in [0.4, 0.5) is 5.69 Å². The summed E-state index contributed by atoms with van der Waals surface area (Å²) >= 11 is 0. The Morgan fingerprint density at radius 1 is 1.25 bits per heavy atom. The van der Waals surface area contributed by atoms with Gasteiger partial charge in [-0.3, -0.25) is 14.5 Å². The molecular formula is C20H35N7O. The van der Waals surface area contributed by atoms with Crippen LogP contribution in [0.15, 0.2) is 17.4 Å². The Morgan fingerprint density at radius 2 is 2.04 bits per heavy atom. The van der Waals surface area contributed by atoms with Gasteiger partial charge in [0.15, 0.2) is 5.96 Å². The number of likely N-dealkylation sites (tertiary alicyclic amines) is 1. The third kappa shape index (κ3) is 5.25. The quantitative estimate of drug-likeness (QED) is 0.584. The molecule has 1 aromatic heterocycles. The minimum Gasteiger partial charge on any atom is -0.357 e. The van der Waals surface area contributed by atoms with E-state index < -0.39 is 0 Å². The van der Waals surface area contributed by atoms with Crippen molar-refractivity contribution < 1.29 is 4.79 Å². The first kappa shape index (κ1) is 20.6. The molecule has 1 N–H and O–H groups in total. The van der Waals surface area contributed by atoms with Gasteiger partial charge in [0.2, 0.25) is 5.91 Å². The smallest absolute Gasteiger partial charge is 0.246 e. The number of piperazine rings is 1. The fourth-order valence-corrected chi connectivity index (χ4v) is 4.02. The van der Waals surface area contributed by atoms with E-state index in [9.17, 15) is 4.79 Å². The number of guanidine groups is 1. The van der Waals surface area contributed by atoms with Crippen LogP contribution >= 0.6 is 0 Å². The monoisotopic (exact) mass is 389 g/mol. The maximum Gasteiger partial charge on any atom is 0.246 e. The number of carbonyl (C=O) groups is 1. The Hall–Kier alpha value is -2.09. The minimum absolute atomic E-state index is 0.0951. The Labute approximate surface area is 168 Å². The summed E-state index contributed by atoms with van der Waals surface area (Å²) in [6, 6.07) is 0. The van der Waals surface area contributed by atoms with Gasteiger partial charge in [-0.1, -0.05) is 6.92 Å². The van der Waals surface area contributed by atoms with E-state index in [1.54, 1.807) is 10.9 Å². The number of amides is 1. The van der Waals surface area contributed by atoms with Crippen LogP contribution in [0.1, 0.15) is 33.1 Å². The van der Waals surface area contributed by atoms with Crippen LogP contribution in [-0.2, 0) is 11.8 Å². The second-order valence-electron chi connectivity index (χ2n) is 7.82. The molecule has 2 aliphatic rings. The molecule has 156 valence electrons. The number of aromatic nitrogens is 2. The summed E-state index contributed by atoms with van der Waals surface area (Å²) in [7, 11) is 1.87. The van der Waals surface area contributed by atoms with Crippen molar-refractivity contribution in [2.45, 2.75) is 33.1 Å². The highest BCUT2D eigenvalue weighted by molar-refractivity contribution is 5.98. The lowest BCUT2D eigenvalue weighted by atomic mass is 9.97. The van der Waals surface area contributed by atoms with Crippen molar-refractivity contribution in [3.05, 3.63) is 12.4 Å². The second kappa shape index (κ2) is 9.91. The van der Waals surface area contributed by atoms with Gasteiger partial charge in [-0.2, -0.15) is 5.10 Å². The fraction of sp³-hybridized carbons (Fsp3) is 0.750. The molecule has 2 saturated heterocycles. The molecular weight excluding hydrogens is 354 g/mol. The van der Waals surface area contributed by atoms with Gasteiger partial charge in [0.25, 0.3) is 0 Å². The van der Waals surface area contributed by atoms with Gasteiger partial charge in [-0.05, 0) is 51.7 Å². The van der Waals surface area contributed by atoms with Crippen molar-refractivity contribution >= 4 is 17.6 Å². The zero-order chi connectivity index (χ0) is 19.9. The van der Waals surface area contributed by atoms with E-state index in [4.69, 9.17) is 4.99 Å². The molecule has 2 aliphatic heterocycles. The molecule has 0 spiro atoms. The third-order valence-corrected chi connectivity index (χ3v) is 5.60. The predicted molar refractivity (Wildman–Crippen MR) is 113 cm³/mol. The zero-order valence-corrected chi connectivity index (χ0v) is 17.6. The average Bonchev–Trinajstić information content (AvgIpc) is 3.12. The van der Waals surface area contributed by atoms with Crippen LogP contribution < -0.4 is 10.2 Å². The Balaban J connectivity index is 1.55. The molecule has 28 heavy (non-hydrogen) atoms. The van der Waals surface area contributed by atoms with Crippen LogP contribution in [0.25, 0.3) is 0 Å². The molecule has 0 atom stereocenters. The van der Waals surface area contributed by atoms with E-state index in [2.05, 4.69) is 34.1 Å². The number of nitrogens with one attached hydrogen (secondary N) is 1. The fourth-order valence-electron chi connectivity index (χ4n) is 4.02. The average molecular weight is 390 g/mol. The molecule has 0 aliphatic carbocycles. The number of hydrogen-bond donors (Lipinski definition) is 1. The van der Waals surface area contributed by atoms with E-state index in [1.165, 1.54) is 38.9 Å². The van der Waals surface area contributed by atoms with Crippen LogP contribution in [-0.4, -0.2) is 83.8 Å². The number of aliphatic imine (C=N–C) groups is 1. The number of piperidine rings is 1. The first-order valence-corrected chi connectivity index (χ1v) is 10.6. The van der Waals surface area contributed by atoms with E-state index in [0.717, 1.165) is 31.3 Å². The summed E-state index contributed by atoms with van der Waals surface area (Å²) in [5, 5.41) is 7.56. The molecule has 3 heterocycles. The maximum atomic E-state index is 12.7. The molecule has 1 amide bonds. The summed E-state index contributed by atoms with van der Waals surface area (Å²) in [5.74, 6) is 1.62. The highest BCUT2D eigenvalue weighted by Crippen LogP contribution is 2.19. The van der Waals surface area contributed by atoms with Gasteiger partial charge in [0.05, 0.1) is 11.9 Å². The molecule has 2 fully saturated rings. The van der Waals surface area contributed by atoms with Gasteiger partial charge >= 0.3 is 0 Å². The lowest BCUT2D eigenvalue weighted by Gasteiger charge is -2.36. The number of anilines is 1. The number of nitrogens with zero attached hydrogens (tertiary/aromatic N) is 6. The van der Waals surface area contributed by atoms with E-state index in [-0.39, 0.29) is 5.91 Å². The minimum atomic E-state index is 0.0951. The zero-order valence-electron chi connectivity index (χ0n) is 17.6. The second-order valence-corrected chi connectivity index (χ2v) is 7.82. The topological polar surface area (TPSA) is 69.0 Å². The van der Waals surface area contributed by atoms with Gasteiger partial charge in [-0.15, -0.1) is 0 Å². The molecule has 0 aromatic carbocycles. The molecule has 0 unspecified atom stereocenters. The molecule has 0 saturated carbocycles. The molecule has 3 rings (SSSR count). The molecule has 0 radical (unpaired) electrons. The standard InChI is InChI=1S/C20H35N7O/c1-4-8-25-9-6-17(7-10-25)13-22-20(21-5-2)26-11-12-27(19(28)16-26)18-14-23-24(3)15-18/h14-15,17H,4-13,16H2,1-3H3,(H,21,22). The van der Waals surface area contributed by atoms with Crippen molar-refractivity contribution in [2.24, 2.45) is 18.0 Å². The van der Waals surface area contributed by atoms with Gasteiger partial charge in [0.1, 0.15) is 6.54 Å². The van der Waals surface area contributed by atoms with E-state index >= 15 is 0 Å². The summed E-state index contributed by atoms with van der Waals surface area (Å²) < 4.78 is 1.73. The van der Waals surface area contributed by atoms with Crippen molar-refractivity contribution in [1.29, 1.82) is 0 Å². The number of hydrogen-bond acceptors (Lipinski definition) is 4. The highest BCUT2D eigenvalue weighted by atomic mass is 16.2. The largest absolute Gasteiger partial charge is 0.357 e.